The molecule has 1 aliphatic rings. The van der Waals surface area contributed by atoms with Crippen molar-refractivity contribution in [3.05, 3.63) is 36.0 Å². The molecule has 1 aromatic carbocycles. The molecule has 3 rings (SSSR count). The zero-order chi connectivity index (χ0) is 9.71. The summed E-state index contributed by atoms with van der Waals surface area (Å²) in [4.78, 5) is 11.6. The van der Waals surface area contributed by atoms with Gasteiger partial charge in [-0.15, -0.1) is 0 Å². The van der Waals surface area contributed by atoms with Crippen LogP contribution < -0.4 is 0 Å². The Bertz CT molecular complexity index is 524. The van der Waals surface area contributed by atoms with Crippen LogP contribution in [-0.4, -0.2) is 10.4 Å². The number of para-hydroxylation sites is 1. The molecule has 0 unspecified atom stereocenters. The number of Topliss-reactive ketones (excluding diaryl/α,β-unsaturated/α-hetero) is 1. The zero-order valence-corrected chi connectivity index (χ0v) is 8.03. The van der Waals surface area contributed by atoms with E-state index in [1.54, 1.807) is 0 Å². The van der Waals surface area contributed by atoms with E-state index in [4.69, 9.17) is 0 Å². The van der Waals surface area contributed by atoms with Gasteiger partial charge in [0.2, 0.25) is 0 Å². The molecule has 1 aliphatic heterocycles. The minimum absolute atomic E-state index is 0.272. The number of fused-ring (bicyclic) bond motifs is 3. The molecule has 0 spiro atoms. The van der Waals surface area contributed by atoms with E-state index in [0.717, 1.165) is 5.69 Å². The third-order valence-electron chi connectivity index (χ3n) is 2.96. The van der Waals surface area contributed by atoms with E-state index in [9.17, 15) is 4.79 Å². The number of hydrogen-bond donors (Lipinski definition) is 0. The van der Waals surface area contributed by atoms with Crippen LogP contribution in [0.5, 0.6) is 0 Å². The fourth-order valence-corrected chi connectivity index (χ4v) is 2.33. The predicted molar refractivity (Wildman–Crippen MR) is 55.6 cm³/mol. The van der Waals surface area contributed by atoms with Crippen molar-refractivity contribution in [2.45, 2.75) is 19.4 Å². The summed E-state index contributed by atoms with van der Waals surface area (Å²) < 4.78 is 2.15. The summed E-state index contributed by atoms with van der Waals surface area (Å²) in [6.45, 7) is 2.10. The van der Waals surface area contributed by atoms with E-state index in [2.05, 4.69) is 23.6 Å². The lowest BCUT2D eigenvalue weighted by molar-refractivity contribution is 0.0990. The van der Waals surface area contributed by atoms with Gasteiger partial charge in [0.05, 0.1) is 5.69 Å². The van der Waals surface area contributed by atoms with Crippen LogP contribution >= 0.6 is 0 Å². The maximum absolute atomic E-state index is 11.6. The summed E-state index contributed by atoms with van der Waals surface area (Å²) in [5.74, 6) is 0.272. The first-order valence-electron chi connectivity index (χ1n) is 4.90. The van der Waals surface area contributed by atoms with Crippen LogP contribution in [0.15, 0.2) is 30.3 Å². The summed E-state index contributed by atoms with van der Waals surface area (Å²) in [5.41, 5.74) is 2.06. The predicted octanol–water partition coefficient (Wildman–Crippen LogP) is 2.79. The van der Waals surface area contributed by atoms with Crippen molar-refractivity contribution in [2.24, 2.45) is 0 Å². The fourth-order valence-electron chi connectivity index (χ4n) is 2.33. The van der Waals surface area contributed by atoms with Crippen molar-refractivity contribution in [1.82, 2.24) is 4.57 Å². The standard InChI is InChI=1S/C12H11NO/c1-8-6-12(14)11-7-9-4-2-3-5-10(9)13(8)11/h2-5,7-8H,6H2,1H3/t8-/m1/s1. The van der Waals surface area contributed by atoms with E-state index >= 15 is 0 Å². The van der Waals surface area contributed by atoms with Crippen LogP contribution in [0.1, 0.15) is 29.9 Å². The van der Waals surface area contributed by atoms with Gasteiger partial charge in [0.15, 0.2) is 5.78 Å². The molecule has 70 valence electrons. The number of aromatic nitrogens is 1. The van der Waals surface area contributed by atoms with Crippen LogP contribution in [0.2, 0.25) is 0 Å². The first-order valence-corrected chi connectivity index (χ1v) is 4.90. The molecule has 1 aromatic heterocycles. The average Bonchev–Trinajstić information content (AvgIpc) is 2.66. The number of nitrogens with zero attached hydrogens (tertiary/aromatic N) is 1. The number of ketones is 1. The van der Waals surface area contributed by atoms with E-state index in [1.165, 1.54) is 10.9 Å². The van der Waals surface area contributed by atoms with E-state index in [1.807, 2.05) is 18.2 Å². The Labute approximate surface area is 82.1 Å². The molecule has 2 heteroatoms. The molecule has 2 aromatic rings. The van der Waals surface area contributed by atoms with Crippen LogP contribution in [0, 0.1) is 0 Å². The Morgan fingerprint density at radius 2 is 2.14 bits per heavy atom. The van der Waals surface area contributed by atoms with Crippen LogP contribution in [0.25, 0.3) is 10.9 Å². The van der Waals surface area contributed by atoms with Gasteiger partial charge in [-0.25, -0.2) is 0 Å². The lowest BCUT2D eigenvalue weighted by Gasteiger charge is -2.06. The normalized spacial score (nSPS) is 20.4. The molecular weight excluding hydrogens is 174 g/mol. The number of carbonyl (C=O) groups excluding carboxylic acids is 1. The molecule has 0 radical (unpaired) electrons. The Kier molecular flexibility index (Phi) is 1.38. The van der Waals surface area contributed by atoms with Gasteiger partial charge < -0.3 is 4.57 Å². The lowest BCUT2D eigenvalue weighted by atomic mass is 10.1. The highest BCUT2D eigenvalue weighted by molar-refractivity contribution is 6.02. The summed E-state index contributed by atoms with van der Waals surface area (Å²) in [5, 5.41) is 1.17. The Morgan fingerprint density at radius 3 is 3.00 bits per heavy atom. The number of hydrogen-bond acceptors (Lipinski definition) is 1. The van der Waals surface area contributed by atoms with E-state index < -0.39 is 0 Å². The number of rotatable bonds is 0. The molecule has 0 saturated carbocycles. The molecule has 2 heterocycles. The van der Waals surface area contributed by atoms with Gasteiger partial charge in [-0.2, -0.15) is 0 Å². The Hall–Kier alpha value is -1.57. The molecular formula is C12H11NO. The van der Waals surface area contributed by atoms with Gasteiger partial charge in [-0.1, -0.05) is 18.2 Å². The van der Waals surface area contributed by atoms with E-state index in [-0.39, 0.29) is 5.78 Å². The van der Waals surface area contributed by atoms with Crippen LogP contribution in [0.3, 0.4) is 0 Å². The summed E-state index contributed by atoms with van der Waals surface area (Å²) >= 11 is 0. The van der Waals surface area contributed by atoms with Crippen molar-refractivity contribution < 1.29 is 4.79 Å². The quantitative estimate of drug-likeness (QED) is 0.618. The summed E-state index contributed by atoms with van der Waals surface area (Å²) in [7, 11) is 0. The maximum Gasteiger partial charge on any atom is 0.181 e. The Morgan fingerprint density at radius 1 is 1.36 bits per heavy atom. The third kappa shape index (κ3) is 0.830. The molecule has 2 nitrogen and oxygen atoms in total. The average molecular weight is 185 g/mol. The molecule has 1 atom stereocenters. The molecule has 14 heavy (non-hydrogen) atoms. The van der Waals surface area contributed by atoms with Crippen molar-refractivity contribution in [1.29, 1.82) is 0 Å². The first kappa shape index (κ1) is 7.80. The van der Waals surface area contributed by atoms with Crippen molar-refractivity contribution in [3.63, 3.8) is 0 Å². The van der Waals surface area contributed by atoms with Gasteiger partial charge in [-0.3, -0.25) is 4.79 Å². The minimum atomic E-state index is 0.272. The highest BCUT2D eigenvalue weighted by atomic mass is 16.1. The van der Waals surface area contributed by atoms with Crippen molar-refractivity contribution in [2.75, 3.05) is 0 Å². The molecule has 0 N–H and O–H groups in total. The Balaban J connectivity index is 2.43. The van der Waals surface area contributed by atoms with Crippen LogP contribution in [-0.2, 0) is 0 Å². The zero-order valence-electron chi connectivity index (χ0n) is 8.03. The second kappa shape index (κ2) is 2.47. The third-order valence-corrected chi connectivity index (χ3v) is 2.96. The van der Waals surface area contributed by atoms with Gasteiger partial charge in [0, 0.05) is 23.4 Å². The largest absolute Gasteiger partial charge is 0.335 e. The van der Waals surface area contributed by atoms with E-state index in [0.29, 0.717) is 12.5 Å². The van der Waals surface area contributed by atoms with Crippen molar-refractivity contribution in [3.8, 4) is 0 Å². The first-order chi connectivity index (χ1) is 6.77. The second-order valence-electron chi connectivity index (χ2n) is 3.93. The minimum Gasteiger partial charge on any atom is -0.335 e. The van der Waals surface area contributed by atoms with Gasteiger partial charge >= 0.3 is 0 Å². The maximum atomic E-state index is 11.6. The second-order valence-corrected chi connectivity index (χ2v) is 3.93. The molecule has 0 bridgehead atoms. The highest BCUT2D eigenvalue weighted by Gasteiger charge is 2.27. The molecule has 0 aliphatic carbocycles. The lowest BCUT2D eigenvalue weighted by Crippen LogP contribution is -1.97. The number of carbonyl (C=O) groups is 1. The SMILES string of the molecule is C[C@@H]1CC(=O)c2cc3ccccc3n21. The highest BCUT2D eigenvalue weighted by Crippen LogP contribution is 2.32. The van der Waals surface area contributed by atoms with Gasteiger partial charge in [0.1, 0.15) is 0 Å². The van der Waals surface area contributed by atoms with Crippen molar-refractivity contribution >= 4 is 16.7 Å². The van der Waals surface area contributed by atoms with Gasteiger partial charge in [-0.05, 0) is 19.1 Å². The summed E-state index contributed by atoms with van der Waals surface area (Å²) in [6.07, 6.45) is 0.653. The molecule has 0 saturated heterocycles. The molecule has 0 fully saturated rings. The van der Waals surface area contributed by atoms with Gasteiger partial charge in [0.25, 0.3) is 0 Å². The summed E-state index contributed by atoms with van der Waals surface area (Å²) in [6, 6.07) is 10.5. The topological polar surface area (TPSA) is 22.0 Å². The monoisotopic (exact) mass is 185 g/mol. The number of benzene rings is 1. The molecule has 0 amide bonds. The fraction of sp³-hybridized carbons (Fsp3) is 0.250. The van der Waals surface area contributed by atoms with Crippen LogP contribution in [0.4, 0.5) is 0 Å². The smallest absolute Gasteiger partial charge is 0.181 e.